The lowest BCUT2D eigenvalue weighted by Crippen LogP contribution is -2.08. The number of hydrogen-bond donors (Lipinski definition) is 1. The molecule has 4 heteroatoms. The van der Waals surface area contributed by atoms with Gasteiger partial charge in [-0.15, -0.1) is 0 Å². The molecule has 1 N–H and O–H groups in total. The minimum absolute atomic E-state index is 0.102. The van der Waals surface area contributed by atoms with Crippen LogP contribution in [0.2, 0.25) is 5.02 Å². The Balaban J connectivity index is 2.15. The van der Waals surface area contributed by atoms with Crippen molar-refractivity contribution in [3.63, 3.8) is 0 Å². The smallest absolute Gasteiger partial charge is 0.138 e. The van der Waals surface area contributed by atoms with Gasteiger partial charge >= 0.3 is 0 Å². The molecule has 1 aromatic carbocycles. The molecular weight excluding hydrogens is 226 g/mol. The molecule has 0 spiro atoms. The molecule has 1 fully saturated rings. The van der Waals surface area contributed by atoms with E-state index >= 15 is 0 Å². The van der Waals surface area contributed by atoms with Crippen LogP contribution in [0.25, 0.3) is 0 Å². The zero-order valence-corrected chi connectivity index (χ0v) is 10.3. The summed E-state index contributed by atoms with van der Waals surface area (Å²) in [5.74, 6) is 0.728. The Labute approximate surface area is 101 Å². The molecule has 0 radical (unpaired) electrons. The van der Waals surface area contributed by atoms with Crippen LogP contribution in [0.4, 0.5) is 0 Å². The average molecular weight is 242 g/mol. The second kappa shape index (κ2) is 5.04. The maximum atomic E-state index is 6.15. The first kappa shape index (κ1) is 11.7. The maximum absolute atomic E-state index is 6.15. The molecule has 1 heterocycles. The highest BCUT2D eigenvalue weighted by Gasteiger charge is 2.18. The summed E-state index contributed by atoms with van der Waals surface area (Å²) in [7, 11) is 0. The van der Waals surface area contributed by atoms with Crippen LogP contribution in [0, 0.1) is 0 Å². The summed E-state index contributed by atoms with van der Waals surface area (Å²) in [6.45, 7) is 5.40. The van der Waals surface area contributed by atoms with Gasteiger partial charge in [0.1, 0.15) is 5.75 Å². The van der Waals surface area contributed by atoms with Crippen LogP contribution >= 0.6 is 11.6 Å². The number of halogens is 1. The van der Waals surface area contributed by atoms with Crippen LogP contribution in [0.3, 0.4) is 0 Å². The molecule has 1 aliphatic rings. The van der Waals surface area contributed by atoms with Gasteiger partial charge in [-0.25, -0.2) is 0 Å². The van der Waals surface area contributed by atoms with E-state index < -0.39 is 0 Å². The van der Waals surface area contributed by atoms with E-state index in [9.17, 15) is 0 Å². The SMILES string of the molecule is CC(C)Oc1ccc(C2CNCO2)cc1Cl. The van der Waals surface area contributed by atoms with E-state index in [-0.39, 0.29) is 12.2 Å². The van der Waals surface area contributed by atoms with Gasteiger partial charge in [-0.2, -0.15) is 0 Å². The summed E-state index contributed by atoms with van der Waals surface area (Å²) in [6, 6.07) is 5.82. The lowest BCUT2D eigenvalue weighted by Gasteiger charge is -2.14. The summed E-state index contributed by atoms with van der Waals surface area (Å²) in [5.41, 5.74) is 1.09. The Bertz CT molecular complexity index is 362. The molecule has 2 rings (SSSR count). The predicted molar refractivity (Wildman–Crippen MR) is 63.9 cm³/mol. The number of benzene rings is 1. The molecule has 16 heavy (non-hydrogen) atoms. The lowest BCUT2D eigenvalue weighted by atomic mass is 10.1. The van der Waals surface area contributed by atoms with Gasteiger partial charge in [-0.3, -0.25) is 5.32 Å². The first-order valence-electron chi connectivity index (χ1n) is 5.45. The molecule has 1 aliphatic heterocycles. The molecule has 0 aromatic heterocycles. The molecule has 0 aliphatic carbocycles. The van der Waals surface area contributed by atoms with Gasteiger partial charge in [0.05, 0.1) is 24.0 Å². The highest BCUT2D eigenvalue weighted by atomic mass is 35.5. The van der Waals surface area contributed by atoms with Gasteiger partial charge in [0, 0.05) is 6.54 Å². The Morgan fingerprint density at radius 2 is 2.31 bits per heavy atom. The van der Waals surface area contributed by atoms with Gasteiger partial charge in [-0.1, -0.05) is 17.7 Å². The number of rotatable bonds is 3. The van der Waals surface area contributed by atoms with E-state index in [2.05, 4.69) is 5.32 Å². The van der Waals surface area contributed by atoms with Crippen LogP contribution in [0.15, 0.2) is 18.2 Å². The van der Waals surface area contributed by atoms with Crippen molar-refractivity contribution in [2.75, 3.05) is 13.3 Å². The zero-order chi connectivity index (χ0) is 11.5. The topological polar surface area (TPSA) is 30.5 Å². The van der Waals surface area contributed by atoms with E-state index in [1.807, 2.05) is 32.0 Å². The molecule has 1 saturated heterocycles. The van der Waals surface area contributed by atoms with Crippen molar-refractivity contribution >= 4 is 11.6 Å². The van der Waals surface area contributed by atoms with Gasteiger partial charge in [-0.05, 0) is 31.5 Å². The molecule has 88 valence electrons. The second-order valence-electron chi connectivity index (χ2n) is 4.11. The van der Waals surface area contributed by atoms with Crippen LogP contribution < -0.4 is 10.1 Å². The Morgan fingerprint density at radius 1 is 1.50 bits per heavy atom. The largest absolute Gasteiger partial charge is 0.489 e. The monoisotopic (exact) mass is 241 g/mol. The highest BCUT2D eigenvalue weighted by Crippen LogP contribution is 2.30. The predicted octanol–water partition coefficient (Wildman–Crippen LogP) is 2.75. The van der Waals surface area contributed by atoms with Crippen LogP contribution in [-0.4, -0.2) is 19.4 Å². The molecule has 0 amide bonds. The summed E-state index contributed by atoms with van der Waals surface area (Å²) < 4.78 is 11.1. The summed E-state index contributed by atoms with van der Waals surface area (Å²) in [6.07, 6.45) is 0.235. The zero-order valence-electron chi connectivity index (χ0n) is 9.50. The molecule has 0 bridgehead atoms. The third kappa shape index (κ3) is 2.67. The first-order chi connectivity index (χ1) is 7.66. The fraction of sp³-hybridized carbons (Fsp3) is 0.500. The van der Waals surface area contributed by atoms with Crippen molar-refractivity contribution in [2.45, 2.75) is 26.1 Å². The van der Waals surface area contributed by atoms with Gasteiger partial charge in [0.2, 0.25) is 0 Å². The minimum atomic E-state index is 0.102. The lowest BCUT2D eigenvalue weighted by molar-refractivity contribution is 0.114. The molecular formula is C12H16ClNO2. The van der Waals surface area contributed by atoms with E-state index in [1.54, 1.807) is 0 Å². The van der Waals surface area contributed by atoms with E-state index in [4.69, 9.17) is 21.1 Å². The third-order valence-electron chi connectivity index (χ3n) is 2.41. The quantitative estimate of drug-likeness (QED) is 0.883. The number of hydrogen-bond acceptors (Lipinski definition) is 3. The molecule has 0 saturated carbocycles. The van der Waals surface area contributed by atoms with Crippen molar-refractivity contribution in [3.05, 3.63) is 28.8 Å². The summed E-state index contributed by atoms with van der Waals surface area (Å²) in [5, 5.41) is 3.78. The molecule has 1 aromatic rings. The fourth-order valence-electron chi connectivity index (χ4n) is 1.69. The molecule has 1 atom stereocenters. The van der Waals surface area contributed by atoms with Gasteiger partial charge < -0.3 is 9.47 Å². The van der Waals surface area contributed by atoms with Crippen LogP contribution in [-0.2, 0) is 4.74 Å². The van der Waals surface area contributed by atoms with E-state index in [1.165, 1.54) is 0 Å². The van der Waals surface area contributed by atoms with Crippen LogP contribution in [0.1, 0.15) is 25.5 Å². The summed E-state index contributed by atoms with van der Waals surface area (Å²) in [4.78, 5) is 0. The fourth-order valence-corrected chi connectivity index (χ4v) is 1.92. The second-order valence-corrected chi connectivity index (χ2v) is 4.52. The van der Waals surface area contributed by atoms with Crippen molar-refractivity contribution in [2.24, 2.45) is 0 Å². The number of ether oxygens (including phenoxy) is 2. The number of nitrogens with one attached hydrogen (secondary N) is 1. The maximum Gasteiger partial charge on any atom is 0.138 e. The van der Waals surface area contributed by atoms with Crippen molar-refractivity contribution in [1.82, 2.24) is 5.32 Å². The third-order valence-corrected chi connectivity index (χ3v) is 2.70. The highest BCUT2D eigenvalue weighted by molar-refractivity contribution is 6.32. The molecule has 1 unspecified atom stereocenters. The standard InChI is InChI=1S/C12H16ClNO2/c1-8(2)16-11-4-3-9(5-10(11)13)12-6-14-7-15-12/h3-5,8,12,14H,6-7H2,1-2H3. The van der Waals surface area contributed by atoms with E-state index in [0.29, 0.717) is 11.8 Å². The van der Waals surface area contributed by atoms with Crippen molar-refractivity contribution < 1.29 is 9.47 Å². The van der Waals surface area contributed by atoms with Gasteiger partial charge in [0.25, 0.3) is 0 Å². The first-order valence-corrected chi connectivity index (χ1v) is 5.83. The normalized spacial score (nSPS) is 20.4. The van der Waals surface area contributed by atoms with E-state index in [0.717, 1.165) is 17.9 Å². The molecule has 3 nitrogen and oxygen atoms in total. The van der Waals surface area contributed by atoms with Gasteiger partial charge in [0.15, 0.2) is 0 Å². The Hall–Kier alpha value is -0.770. The van der Waals surface area contributed by atoms with Crippen molar-refractivity contribution in [1.29, 1.82) is 0 Å². The minimum Gasteiger partial charge on any atom is -0.489 e. The summed E-state index contributed by atoms with van der Waals surface area (Å²) >= 11 is 6.15. The average Bonchev–Trinajstić information content (AvgIpc) is 2.73. The van der Waals surface area contributed by atoms with Crippen molar-refractivity contribution in [3.8, 4) is 5.75 Å². The Morgan fingerprint density at radius 3 is 2.88 bits per heavy atom. The Kier molecular flexibility index (Phi) is 3.69. The van der Waals surface area contributed by atoms with Crippen LogP contribution in [0.5, 0.6) is 5.75 Å².